The molecule has 0 saturated heterocycles. The van der Waals surface area contributed by atoms with E-state index < -0.39 is 19.0 Å². The van der Waals surface area contributed by atoms with Crippen LogP contribution in [0.25, 0.3) is 11.0 Å². The monoisotopic (exact) mass is 426 g/mol. The first-order valence-electron chi connectivity index (χ1n) is 11.0. The van der Waals surface area contributed by atoms with Gasteiger partial charge in [0.05, 0.1) is 26.9 Å². The summed E-state index contributed by atoms with van der Waals surface area (Å²) < 4.78 is 9.53. The fourth-order valence-electron chi connectivity index (χ4n) is 4.99. The molecule has 4 rings (SSSR count). The van der Waals surface area contributed by atoms with E-state index in [1.54, 1.807) is 0 Å². The third-order valence-corrected chi connectivity index (χ3v) is 6.72. The Morgan fingerprint density at radius 1 is 0.906 bits per heavy atom. The topological polar surface area (TPSA) is 52.2 Å². The van der Waals surface area contributed by atoms with Crippen molar-refractivity contribution in [2.24, 2.45) is 14.1 Å². The number of benzene rings is 3. The molecule has 6 heteroatoms. The molecule has 0 aliphatic heterocycles. The fraction of sp³-hybridized carbons (Fsp3) is 0.192. The molecule has 162 valence electrons. The summed E-state index contributed by atoms with van der Waals surface area (Å²) in [6.45, 7) is 0. The number of carbonyl (C=O) groups is 2. The highest BCUT2D eigenvalue weighted by molar-refractivity contribution is 6.57. The number of methoxy groups -OCH3 is 1. The van der Waals surface area contributed by atoms with Gasteiger partial charge in [-0.1, -0.05) is 72.8 Å². The zero-order valence-electron chi connectivity index (χ0n) is 18.9. The number of nitrogens with zero attached hydrogens (tertiary/aromatic N) is 2. The number of para-hydroxylation sites is 2. The molecule has 5 nitrogen and oxygen atoms in total. The van der Waals surface area contributed by atoms with E-state index in [2.05, 4.69) is 21.3 Å². The molecule has 2 atom stereocenters. The van der Waals surface area contributed by atoms with E-state index in [9.17, 15) is 9.59 Å². The van der Waals surface area contributed by atoms with Crippen LogP contribution in [0.15, 0.2) is 84.9 Å². The summed E-state index contributed by atoms with van der Waals surface area (Å²) in [5, 5.41) is 0. The van der Waals surface area contributed by atoms with Gasteiger partial charge in [-0.2, -0.15) is 0 Å². The van der Waals surface area contributed by atoms with E-state index in [4.69, 9.17) is 4.74 Å². The second-order valence-corrected chi connectivity index (χ2v) is 8.37. The van der Waals surface area contributed by atoms with Gasteiger partial charge >= 0.3 is 0 Å². The number of fused-ring (bicyclic) bond motifs is 1. The van der Waals surface area contributed by atoms with Crippen LogP contribution >= 0.6 is 0 Å². The molecule has 0 radical (unpaired) electrons. The number of hydrogen-bond donors (Lipinski definition) is 0. The Labute approximate surface area is 188 Å². The van der Waals surface area contributed by atoms with Crippen LogP contribution in [-0.4, -0.2) is 30.7 Å². The third-order valence-electron chi connectivity index (χ3n) is 6.72. The summed E-state index contributed by atoms with van der Waals surface area (Å²) >= 11 is 0. The van der Waals surface area contributed by atoms with E-state index in [1.807, 2.05) is 86.9 Å². The van der Waals surface area contributed by atoms with Gasteiger partial charge < -0.3 is 4.74 Å². The van der Waals surface area contributed by atoms with E-state index >= 15 is 0 Å². The SMILES string of the molecule is COC(=O)[C@@H]([BH2-]c1n(C)c2ccccc2[n+]1C)[C@@H](C(=O)c1ccccc1)c1ccccc1. The van der Waals surface area contributed by atoms with Crippen LogP contribution in [0, 0.1) is 0 Å². The van der Waals surface area contributed by atoms with E-state index in [0.717, 1.165) is 22.3 Å². The standard InChI is InChI=1S/C26H27BN2O3/c1-28-20-16-10-11-17-21(20)29(2)26(28)27-23(25(31)32-3)22(18-12-6-4-7-13-18)24(30)19-14-8-5-9-15-19/h4-17,22-23H,27H2,1-3H3/t22-,23-/m0/s1. The molecule has 0 amide bonds. The quantitative estimate of drug-likeness (QED) is 0.198. The summed E-state index contributed by atoms with van der Waals surface area (Å²) in [5.41, 5.74) is 4.71. The number of Topliss-reactive ketones (excluding diaryl/α,β-unsaturated/α-hetero) is 1. The van der Waals surface area contributed by atoms with Crippen LogP contribution in [0.4, 0.5) is 0 Å². The maximum atomic E-state index is 13.7. The van der Waals surface area contributed by atoms with Crippen molar-refractivity contribution < 1.29 is 18.9 Å². The Balaban J connectivity index is 1.84. The van der Waals surface area contributed by atoms with Gasteiger partial charge in [0, 0.05) is 11.5 Å². The van der Waals surface area contributed by atoms with Crippen molar-refractivity contribution in [3.8, 4) is 0 Å². The third kappa shape index (κ3) is 3.96. The first-order valence-corrected chi connectivity index (χ1v) is 11.0. The Kier molecular flexibility index (Phi) is 6.22. The predicted molar refractivity (Wildman–Crippen MR) is 128 cm³/mol. The minimum Gasteiger partial charge on any atom is -0.471 e. The molecule has 32 heavy (non-hydrogen) atoms. The van der Waals surface area contributed by atoms with Gasteiger partial charge in [-0.25, -0.2) is 0 Å². The number of rotatable bonds is 7. The molecule has 0 N–H and O–H groups in total. The van der Waals surface area contributed by atoms with Gasteiger partial charge in [0.25, 0.3) is 5.97 Å². The van der Waals surface area contributed by atoms with Gasteiger partial charge in [0.15, 0.2) is 16.8 Å². The van der Waals surface area contributed by atoms with Crippen molar-refractivity contribution >= 4 is 35.8 Å². The fourth-order valence-corrected chi connectivity index (χ4v) is 4.99. The lowest BCUT2D eigenvalue weighted by atomic mass is 9.55. The Morgan fingerprint density at radius 3 is 2.12 bits per heavy atom. The normalized spacial score (nSPS) is 13.0. The minimum atomic E-state index is -1.12. The number of hydrogen-bond acceptors (Lipinski definition) is 3. The summed E-state index contributed by atoms with van der Waals surface area (Å²) in [7, 11) is 4.32. The Hall–Kier alpha value is -3.67. The smallest absolute Gasteiger partial charge is 0.274 e. The van der Waals surface area contributed by atoms with Gasteiger partial charge in [-0.05, 0) is 23.5 Å². The van der Waals surface area contributed by atoms with Crippen molar-refractivity contribution in [3.05, 3.63) is 96.1 Å². The maximum absolute atomic E-state index is 13.7. The molecular formula is C26H27BN2O3. The first-order chi connectivity index (χ1) is 15.5. The molecule has 1 heterocycles. The second-order valence-electron chi connectivity index (χ2n) is 8.37. The molecule has 0 fully saturated rings. The predicted octanol–water partition coefficient (Wildman–Crippen LogP) is 2.43. The lowest BCUT2D eigenvalue weighted by Gasteiger charge is -2.28. The number of aryl methyl sites for hydroxylation is 2. The number of esters is 1. The van der Waals surface area contributed by atoms with E-state index in [1.165, 1.54) is 7.11 Å². The highest BCUT2D eigenvalue weighted by Gasteiger charge is 2.35. The molecule has 0 bridgehead atoms. The molecule has 0 aliphatic carbocycles. The van der Waals surface area contributed by atoms with Crippen molar-refractivity contribution in [3.63, 3.8) is 0 Å². The van der Waals surface area contributed by atoms with Crippen LogP contribution in [0.5, 0.6) is 0 Å². The van der Waals surface area contributed by atoms with Gasteiger partial charge in [0.1, 0.15) is 7.28 Å². The second kappa shape index (κ2) is 9.22. The van der Waals surface area contributed by atoms with Crippen LogP contribution < -0.4 is 10.3 Å². The first kappa shape index (κ1) is 21.6. The molecule has 0 aliphatic rings. The summed E-state index contributed by atoms with van der Waals surface area (Å²) in [6, 6.07) is 26.9. The molecule has 3 aromatic carbocycles. The minimum absolute atomic E-state index is 0.0580. The number of ketones is 1. The molecule has 1 aromatic heterocycles. The Morgan fingerprint density at radius 2 is 1.50 bits per heavy atom. The van der Waals surface area contributed by atoms with Crippen LogP contribution in [0.3, 0.4) is 0 Å². The summed E-state index contributed by atoms with van der Waals surface area (Å²) in [4.78, 5) is 26.9. The van der Waals surface area contributed by atoms with Gasteiger partial charge in [0.2, 0.25) is 0 Å². The van der Waals surface area contributed by atoms with Gasteiger partial charge in [-0.3, -0.25) is 18.7 Å². The average Bonchev–Trinajstić information content (AvgIpc) is 3.09. The molecular weight excluding hydrogens is 399 g/mol. The number of carbonyl (C=O) groups excluding carboxylic acids is 2. The van der Waals surface area contributed by atoms with Gasteiger partial charge in [-0.15, -0.1) is 0 Å². The van der Waals surface area contributed by atoms with Crippen molar-refractivity contribution in [2.45, 2.75) is 11.7 Å². The highest BCUT2D eigenvalue weighted by Crippen LogP contribution is 2.33. The summed E-state index contributed by atoms with van der Waals surface area (Å²) in [5.74, 6) is -1.56. The van der Waals surface area contributed by atoms with Crippen LogP contribution in [-0.2, 0) is 23.6 Å². The molecule has 0 unspecified atom stereocenters. The maximum Gasteiger partial charge on any atom is 0.274 e. The average molecular weight is 426 g/mol. The number of ether oxygens (including phenoxy) is 1. The zero-order chi connectivity index (χ0) is 22.7. The lowest BCUT2D eigenvalue weighted by Crippen LogP contribution is -2.53. The van der Waals surface area contributed by atoms with E-state index in [-0.39, 0.29) is 11.8 Å². The van der Waals surface area contributed by atoms with Crippen molar-refractivity contribution in [2.75, 3.05) is 7.11 Å². The molecule has 4 aromatic rings. The molecule has 0 saturated carbocycles. The van der Waals surface area contributed by atoms with Crippen LogP contribution in [0.1, 0.15) is 21.8 Å². The zero-order valence-corrected chi connectivity index (χ0v) is 18.9. The lowest BCUT2D eigenvalue weighted by molar-refractivity contribution is -0.627. The Bertz CT molecular complexity index is 1210. The summed E-state index contributed by atoms with van der Waals surface area (Å²) in [6.07, 6.45) is 0. The molecule has 0 spiro atoms. The van der Waals surface area contributed by atoms with E-state index in [0.29, 0.717) is 5.56 Å². The number of aromatic nitrogens is 2. The van der Waals surface area contributed by atoms with Crippen molar-refractivity contribution in [1.82, 2.24) is 4.57 Å². The van der Waals surface area contributed by atoms with Crippen LogP contribution in [0.2, 0.25) is 5.82 Å². The van der Waals surface area contributed by atoms with Crippen molar-refractivity contribution in [1.29, 1.82) is 0 Å². The number of imidazole rings is 1. The highest BCUT2D eigenvalue weighted by atomic mass is 16.5. The largest absolute Gasteiger partial charge is 0.471 e.